The van der Waals surface area contributed by atoms with Gasteiger partial charge in [0.2, 0.25) is 0 Å². The van der Waals surface area contributed by atoms with Crippen molar-refractivity contribution in [1.29, 1.82) is 0 Å². The Kier molecular flexibility index (Phi) is 3.40. The lowest BCUT2D eigenvalue weighted by molar-refractivity contribution is -0.193. The lowest BCUT2D eigenvalue weighted by Crippen LogP contribution is -2.43. The standard InChI is InChI=1S/C10H7F3N2O5S/c11-10(12,13)6(9(17)18)4-15-8(16)5-2-1-3-14-7(5)21(15,19)20/h1-3,6H,4H2,(H,17,18). The molecular formula is C10H7F3N2O5S. The third kappa shape index (κ3) is 2.44. The molecule has 0 bridgehead atoms. The number of carboxylic acids is 1. The van der Waals surface area contributed by atoms with Crippen LogP contribution in [-0.2, 0) is 14.8 Å². The molecule has 1 N–H and O–H groups in total. The quantitative estimate of drug-likeness (QED) is 0.867. The molecular weight excluding hydrogens is 317 g/mol. The van der Waals surface area contributed by atoms with Crippen LogP contribution < -0.4 is 0 Å². The molecule has 21 heavy (non-hydrogen) atoms. The molecule has 1 aliphatic rings. The Morgan fingerprint density at radius 1 is 1.43 bits per heavy atom. The number of alkyl halides is 3. The van der Waals surface area contributed by atoms with Crippen molar-refractivity contribution in [1.82, 2.24) is 9.29 Å². The van der Waals surface area contributed by atoms with Gasteiger partial charge in [-0.2, -0.15) is 21.6 Å². The number of pyridine rings is 1. The van der Waals surface area contributed by atoms with Gasteiger partial charge in [-0.05, 0) is 12.1 Å². The van der Waals surface area contributed by atoms with Crippen LogP contribution >= 0.6 is 0 Å². The number of carbonyl (C=O) groups is 2. The van der Waals surface area contributed by atoms with Gasteiger partial charge in [0, 0.05) is 6.20 Å². The van der Waals surface area contributed by atoms with Gasteiger partial charge >= 0.3 is 12.1 Å². The molecule has 1 aromatic rings. The molecule has 2 rings (SSSR count). The lowest BCUT2D eigenvalue weighted by atomic mass is 10.1. The third-order valence-corrected chi connectivity index (χ3v) is 4.51. The van der Waals surface area contributed by atoms with E-state index < -0.39 is 45.6 Å². The van der Waals surface area contributed by atoms with Gasteiger partial charge in [-0.3, -0.25) is 9.59 Å². The second-order valence-corrected chi connectivity index (χ2v) is 5.91. The Balaban J connectivity index is 2.44. The molecule has 1 amide bonds. The van der Waals surface area contributed by atoms with Crippen molar-refractivity contribution < 1.29 is 36.3 Å². The van der Waals surface area contributed by atoms with Crippen LogP contribution in [0.3, 0.4) is 0 Å². The highest BCUT2D eigenvalue weighted by atomic mass is 32.2. The van der Waals surface area contributed by atoms with Crippen molar-refractivity contribution in [2.75, 3.05) is 6.54 Å². The molecule has 1 unspecified atom stereocenters. The fourth-order valence-electron chi connectivity index (χ4n) is 1.78. The number of carbonyl (C=O) groups excluding carboxylic acids is 1. The Bertz CT molecular complexity index is 716. The molecule has 7 nitrogen and oxygen atoms in total. The first-order valence-corrected chi connectivity index (χ1v) is 6.82. The van der Waals surface area contributed by atoms with E-state index in [0.717, 1.165) is 12.3 Å². The fourth-order valence-corrected chi connectivity index (χ4v) is 3.27. The summed E-state index contributed by atoms with van der Waals surface area (Å²) < 4.78 is 61.6. The van der Waals surface area contributed by atoms with Crippen molar-refractivity contribution in [2.24, 2.45) is 5.92 Å². The van der Waals surface area contributed by atoms with Crippen LogP contribution in [0, 0.1) is 5.92 Å². The van der Waals surface area contributed by atoms with Crippen molar-refractivity contribution in [3.8, 4) is 0 Å². The van der Waals surface area contributed by atoms with Crippen molar-refractivity contribution >= 4 is 21.9 Å². The van der Waals surface area contributed by atoms with E-state index in [1.807, 2.05) is 0 Å². The van der Waals surface area contributed by atoms with Crippen LogP contribution in [0.25, 0.3) is 0 Å². The predicted molar refractivity (Wildman–Crippen MR) is 59.6 cm³/mol. The number of fused-ring (bicyclic) bond motifs is 1. The second kappa shape index (κ2) is 4.69. The first kappa shape index (κ1) is 15.2. The maximum Gasteiger partial charge on any atom is 0.403 e. The monoisotopic (exact) mass is 324 g/mol. The Morgan fingerprint density at radius 3 is 2.52 bits per heavy atom. The minimum atomic E-state index is -5.19. The number of rotatable bonds is 3. The molecule has 1 aromatic heterocycles. The smallest absolute Gasteiger partial charge is 0.403 e. The van der Waals surface area contributed by atoms with Crippen LogP contribution in [0.4, 0.5) is 13.2 Å². The molecule has 0 aromatic carbocycles. The summed E-state index contributed by atoms with van der Waals surface area (Å²) in [4.78, 5) is 25.9. The van der Waals surface area contributed by atoms with Crippen molar-refractivity contribution in [3.63, 3.8) is 0 Å². The van der Waals surface area contributed by atoms with Crippen LogP contribution in [0.15, 0.2) is 23.4 Å². The van der Waals surface area contributed by atoms with Crippen LogP contribution in [-0.4, -0.2) is 47.4 Å². The number of amides is 1. The highest BCUT2D eigenvalue weighted by Crippen LogP contribution is 2.33. The number of sulfonamides is 1. The molecule has 0 aliphatic carbocycles. The van der Waals surface area contributed by atoms with Crippen LogP contribution in [0.5, 0.6) is 0 Å². The average molecular weight is 324 g/mol. The van der Waals surface area contributed by atoms with E-state index in [9.17, 15) is 31.2 Å². The molecule has 0 saturated heterocycles. The zero-order valence-electron chi connectivity index (χ0n) is 10.0. The van der Waals surface area contributed by atoms with Crippen molar-refractivity contribution in [2.45, 2.75) is 11.2 Å². The zero-order valence-corrected chi connectivity index (χ0v) is 10.8. The zero-order chi connectivity index (χ0) is 16.0. The van der Waals surface area contributed by atoms with Gasteiger partial charge < -0.3 is 5.11 Å². The molecule has 0 spiro atoms. The van der Waals surface area contributed by atoms with Crippen LogP contribution in [0.2, 0.25) is 0 Å². The third-order valence-electron chi connectivity index (χ3n) is 2.80. The van der Waals surface area contributed by atoms with E-state index in [1.165, 1.54) is 6.07 Å². The Labute approximate surface area is 116 Å². The summed E-state index contributed by atoms with van der Waals surface area (Å²) >= 11 is 0. The molecule has 0 fully saturated rings. The number of hydrogen-bond acceptors (Lipinski definition) is 5. The SMILES string of the molecule is O=C(O)C(CN1C(=O)c2cccnc2S1(=O)=O)C(F)(F)F. The number of carboxylic acid groups (broad SMARTS) is 1. The molecule has 1 aliphatic heterocycles. The molecule has 114 valence electrons. The van der Waals surface area contributed by atoms with E-state index in [4.69, 9.17) is 5.11 Å². The molecule has 0 radical (unpaired) electrons. The summed E-state index contributed by atoms with van der Waals surface area (Å²) in [5, 5.41) is 7.89. The number of aromatic nitrogens is 1. The van der Waals surface area contributed by atoms with Gasteiger partial charge in [0.1, 0.15) is 0 Å². The maximum atomic E-state index is 12.6. The molecule has 1 atom stereocenters. The van der Waals surface area contributed by atoms with Gasteiger partial charge in [0.05, 0.1) is 12.1 Å². The van der Waals surface area contributed by atoms with Gasteiger partial charge in [-0.15, -0.1) is 0 Å². The summed E-state index contributed by atoms with van der Waals surface area (Å²) in [5.74, 6) is -6.51. The second-order valence-electron chi connectivity index (χ2n) is 4.13. The van der Waals surface area contributed by atoms with E-state index in [0.29, 0.717) is 0 Å². The van der Waals surface area contributed by atoms with Crippen molar-refractivity contribution in [3.05, 3.63) is 23.9 Å². The molecule has 2 heterocycles. The summed E-state index contributed by atoms with van der Waals surface area (Å²) in [5.41, 5.74) is -0.385. The van der Waals surface area contributed by atoms with E-state index in [-0.39, 0.29) is 9.87 Å². The highest BCUT2D eigenvalue weighted by Gasteiger charge is 2.51. The van der Waals surface area contributed by atoms with E-state index >= 15 is 0 Å². The maximum absolute atomic E-state index is 12.6. The van der Waals surface area contributed by atoms with Gasteiger partial charge in [0.25, 0.3) is 15.9 Å². The van der Waals surface area contributed by atoms with Gasteiger partial charge in [-0.25, -0.2) is 9.29 Å². The first-order valence-electron chi connectivity index (χ1n) is 5.38. The Hall–Kier alpha value is -2.17. The molecule has 11 heteroatoms. The summed E-state index contributed by atoms with van der Waals surface area (Å²) in [6.45, 7) is -1.53. The largest absolute Gasteiger partial charge is 0.481 e. The summed E-state index contributed by atoms with van der Waals surface area (Å²) in [6.07, 6.45) is -4.13. The lowest BCUT2D eigenvalue weighted by Gasteiger charge is -2.21. The number of halogens is 3. The minimum Gasteiger partial charge on any atom is -0.481 e. The first-order chi connectivity index (χ1) is 9.56. The van der Waals surface area contributed by atoms with E-state index in [2.05, 4.69) is 4.98 Å². The fraction of sp³-hybridized carbons (Fsp3) is 0.300. The Morgan fingerprint density at radius 2 is 2.05 bits per heavy atom. The normalized spacial score (nSPS) is 18.4. The predicted octanol–water partition coefficient (Wildman–Crippen LogP) is 0.489. The van der Waals surface area contributed by atoms with Gasteiger partial charge in [0.15, 0.2) is 10.9 Å². The topological polar surface area (TPSA) is 105 Å². The van der Waals surface area contributed by atoms with Gasteiger partial charge in [-0.1, -0.05) is 0 Å². The average Bonchev–Trinajstić information content (AvgIpc) is 2.54. The number of nitrogens with zero attached hydrogens (tertiary/aromatic N) is 2. The molecule has 0 saturated carbocycles. The van der Waals surface area contributed by atoms with Crippen LogP contribution in [0.1, 0.15) is 10.4 Å². The summed E-state index contributed by atoms with van der Waals surface area (Å²) in [7, 11) is -4.58. The minimum absolute atomic E-state index is 0.114. The number of hydrogen-bond donors (Lipinski definition) is 1. The number of aliphatic carboxylic acids is 1. The van der Waals surface area contributed by atoms with E-state index in [1.54, 1.807) is 0 Å². The highest BCUT2D eigenvalue weighted by molar-refractivity contribution is 7.90. The summed E-state index contributed by atoms with van der Waals surface area (Å²) in [6, 6.07) is 2.33.